The summed E-state index contributed by atoms with van der Waals surface area (Å²) < 4.78 is 0. The van der Waals surface area contributed by atoms with Crippen molar-refractivity contribution in [1.82, 2.24) is 9.88 Å². The first kappa shape index (κ1) is 13.8. The van der Waals surface area contributed by atoms with Crippen molar-refractivity contribution >= 4 is 23.1 Å². The first-order valence-corrected chi connectivity index (χ1v) is 6.97. The van der Waals surface area contributed by atoms with Crippen LogP contribution in [0.3, 0.4) is 0 Å². The Morgan fingerprint density at radius 1 is 1.58 bits per heavy atom. The van der Waals surface area contributed by atoms with Gasteiger partial charge in [-0.3, -0.25) is 4.79 Å². The molecule has 1 amide bonds. The number of nitrogens with zero attached hydrogens (tertiary/aromatic N) is 3. The van der Waals surface area contributed by atoms with Crippen LogP contribution >= 0.6 is 11.3 Å². The number of hydrogen-bond donors (Lipinski definition) is 2. The lowest BCUT2D eigenvalue weighted by Gasteiger charge is -2.38. The number of thiazole rings is 1. The zero-order valence-electron chi connectivity index (χ0n) is 11.1. The number of hydrogen-bond acceptors (Lipinski definition) is 5. The molecule has 0 radical (unpaired) electrons. The van der Waals surface area contributed by atoms with Crippen LogP contribution in [0.5, 0.6) is 0 Å². The van der Waals surface area contributed by atoms with Gasteiger partial charge in [-0.1, -0.05) is 12.1 Å². The highest BCUT2D eigenvalue weighted by Crippen LogP contribution is 2.31. The third-order valence-electron chi connectivity index (χ3n) is 3.71. The van der Waals surface area contributed by atoms with Gasteiger partial charge >= 0.3 is 0 Å². The van der Waals surface area contributed by atoms with Crippen molar-refractivity contribution in [1.29, 1.82) is 0 Å². The van der Waals surface area contributed by atoms with Crippen LogP contribution in [-0.4, -0.2) is 39.9 Å². The number of oxime groups is 1. The van der Waals surface area contributed by atoms with Crippen LogP contribution in [0.2, 0.25) is 0 Å². The maximum Gasteiger partial charge on any atom is 0.265 e. The fourth-order valence-electron chi connectivity index (χ4n) is 2.20. The Morgan fingerprint density at radius 2 is 2.21 bits per heavy atom. The van der Waals surface area contributed by atoms with E-state index in [-0.39, 0.29) is 17.2 Å². The molecule has 1 aromatic heterocycles. The monoisotopic (exact) mass is 282 g/mol. The highest BCUT2D eigenvalue weighted by Gasteiger charge is 2.36. The zero-order chi connectivity index (χ0) is 14.0. The van der Waals surface area contributed by atoms with E-state index < -0.39 is 0 Å². The average molecular weight is 282 g/mol. The summed E-state index contributed by atoms with van der Waals surface area (Å²) in [4.78, 5) is 18.8. The van der Waals surface area contributed by atoms with Gasteiger partial charge in [-0.15, -0.1) is 11.3 Å². The Labute approximate surface area is 115 Å². The summed E-state index contributed by atoms with van der Waals surface area (Å²) in [6.45, 7) is 5.07. The molecule has 3 N–H and O–H groups in total. The SMILES string of the molecule is Cc1ncc(C(=O)N2CCC(C)(/C(N)=N/O)CC2)s1. The molecule has 1 aromatic rings. The van der Waals surface area contributed by atoms with Crippen molar-refractivity contribution in [3.8, 4) is 0 Å². The van der Waals surface area contributed by atoms with Crippen LogP contribution < -0.4 is 5.73 Å². The molecule has 2 rings (SSSR count). The van der Waals surface area contributed by atoms with Crippen LogP contribution in [-0.2, 0) is 0 Å². The lowest BCUT2D eigenvalue weighted by Crippen LogP contribution is -2.47. The normalized spacial score (nSPS) is 19.5. The Bertz CT molecular complexity index is 504. The summed E-state index contributed by atoms with van der Waals surface area (Å²) >= 11 is 1.41. The molecule has 104 valence electrons. The molecule has 0 saturated carbocycles. The highest BCUT2D eigenvalue weighted by atomic mass is 32.1. The molecule has 0 unspecified atom stereocenters. The van der Waals surface area contributed by atoms with E-state index in [4.69, 9.17) is 10.9 Å². The second-order valence-electron chi connectivity index (χ2n) is 5.08. The van der Waals surface area contributed by atoms with Gasteiger partial charge in [0.25, 0.3) is 5.91 Å². The number of nitrogens with two attached hydrogens (primary N) is 1. The van der Waals surface area contributed by atoms with Gasteiger partial charge in [0.05, 0.1) is 11.2 Å². The van der Waals surface area contributed by atoms with Crippen molar-refractivity contribution in [2.24, 2.45) is 16.3 Å². The number of aromatic nitrogens is 1. The fraction of sp³-hybridized carbons (Fsp3) is 0.583. The number of carbonyl (C=O) groups excluding carboxylic acids is 1. The summed E-state index contributed by atoms with van der Waals surface area (Å²) in [5, 5.41) is 12.8. The van der Waals surface area contributed by atoms with Crippen molar-refractivity contribution in [3.63, 3.8) is 0 Å². The Hall–Kier alpha value is -1.63. The van der Waals surface area contributed by atoms with E-state index >= 15 is 0 Å². The van der Waals surface area contributed by atoms with E-state index in [0.29, 0.717) is 30.8 Å². The molecule has 0 aromatic carbocycles. The summed E-state index contributed by atoms with van der Waals surface area (Å²) in [7, 11) is 0. The smallest absolute Gasteiger partial charge is 0.265 e. The highest BCUT2D eigenvalue weighted by molar-refractivity contribution is 7.13. The summed E-state index contributed by atoms with van der Waals surface area (Å²) in [6, 6.07) is 0. The summed E-state index contributed by atoms with van der Waals surface area (Å²) in [5.41, 5.74) is 5.38. The molecule has 1 aliphatic heterocycles. The molecular formula is C12H18N4O2S. The Morgan fingerprint density at radius 3 is 2.68 bits per heavy atom. The van der Waals surface area contributed by atoms with Crippen molar-refractivity contribution in [2.45, 2.75) is 26.7 Å². The van der Waals surface area contributed by atoms with Crippen LogP contribution in [0.15, 0.2) is 11.4 Å². The molecule has 7 heteroatoms. The van der Waals surface area contributed by atoms with Crippen molar-refractivity contribution in [3.05, 3.63) is 16.1 Å². The maximum atomic E-state index is 12.2. The van der Waals surface area contributed by atoms with Gasteiger partial charge in [-0.05, 0) is 19.8 Å². The van der Waals surface area contributed by atoms with Gasteiger partial charge in [0.2, 0.25) is 0 Å². The number of likely N-dealkylation sites (tertiary alicyclic amines) is 1. The minimum atomic E-state index is -0.324. The van der Waals surface area contributed by atoms with E-state index in [2.05, 4.69) is 10.1 Å². The standard InChI is InChI=1S/C12H18N4O2S/c1-8-14-7-9(19-8)10(17)16-5-3-12(2,4-6-16)11(13)15-18/h7,18H,3-6H2,1-2H3,(H2,13,15). The average Bonchev–Trinajstić information content (AvgIpc) is 2.84. The molecule has 1 fully saturated rings. The van der Waals surface area contributed by atoms with Gasteiger partial charge in [-0.25, -0.2) is 4.98 Å². The minimum Gasteiger partial charge on any atom is -0.409 e. The number of rotatable bonds is 2. The topological polar surface area (TPSA) is 91.8 Å². The van der Waals surface area contributed by atoms with Crippen LogP contribution in [0.25, 0.3) is 0 Å². The lowest BCUT2D eigenvalue weighted by atomic mass is 9.79. The molecule has 0 aliphatic carbocycles. The molecule has 0 spiro atoms. The van der Waals surface area contributed by atoms with Crippen LogP contribution in [0.4, 0.5) is 0 Å². The second-order valence-corrected chi connectivity index (χ2v) is 6.32. The third-order valence-corrected chi connectivity index (χ3v) is 4.61. The Kier molecular flexibility index (Phi) is 3.75. The molecule has 6 nitrogen and oxygen atoms in total. The molecule has 1 aliphatic rings. The van der Waals surface area contributed by atoms with Crippen molar-refractivity contribution in [2.75, 3.05) is 13.1 Å². The third kappa shape index (κ3) is 2.70. The largest absolute Gasteiger partial charge is 0.409 e. The number of amidine groups is 1. The van der Waals surface area contributed by atoms with Gasteiger partial charge < -0.3 is 15.8 Å². The first-order valence-electron chi connectivity index (χ1n) is 6.16. The minimum absolute atomic E-state index is 0.0205. The van der Waals surface area contributed by atoms with E-state index in [9.17, 15) is 4.79 Å². The number of aryl methyl sites for hydroxylation is 1. The predicted molar refractivity (Wildman–Crippen MR) is 73.5 cm³/mol. The molecular weight excluding hydrogens is 264 g/mol. The maximum absolute atomic E-state index is 12.2. The number of amides is 1. The van der Waals surface area contributed by atoms with E-state index in [1.165, 1.54) is 11.3 Å². The Balaban J connectivity index is 2.02. The van der Waals surface area contributed by atoms with Gasteiger partial charge in [0, 0.05) is 18.5 Å². The molecule has 0 atom stereocenters. The molecule has 19 heavy (non-hydrogen) atoms. The predicted octanol–water partition coefficient (Wildman–Crippen LogP) is 1.44. The molecule has 0 bridgehead atoms. The van der Waals surface area contributed by atoms with Crippen LogP contribution in [0, 0.1) is 12.3 Å². The van der Waals surface area contributed by atoms with Crippen molar-refractivity contribution < 1.29 is 10.0 Å². The van der Waals surface area contributed by atoms with Gasteiger partial charge in [0.1, 0.15) is 10.7 Å². The summed E-state index contributed by atoms with van der Waals surface area (Å²) in [6.07, 6.45) is 3.03. The van der Waals surface area contributed by atoms with Gasteiger partial charge in [-0.2, -0.15) is 0 Å². The molecule has 1 saturated heterocycles. The zero-order valence-corrected chi connectivity index (χ0v) is 11.9. The number of piperidine rings is 1. The van der Waals surface area contributed by atoms with Gasteiger partial charge in [0.15, 0.2) is 0 Å². The lowest BCUT2D eigenvalue weighted by molar-refractivity contribution is 0.0671. The fourth-order valence-corrected chi connectivity index (χ4v) is 2.94. The quantitative estimate of drug-likeness (QED) is 0.371. The molecule has 2 heterocycles. The second kappa shape index (κ2) is 5.16. The summed E-state index contributed by atoms with van der Waals surface area (Å²) in [5.74, 6) is 0.264. The van der Waals surface area contributed by atoms with E-state index in [1.807, 2.05) is 13.8 Å². The van der Waals surface area contributed by atoms with Crippen LogP contribution in [0.1, 0.15) is 34.4 Å². The number of carbonyl (C=O) groups is 1. The van der Waals surface area contributed by atoms with E-state index in [1.54, 1.807) is 11.1 Å². The first-order chi connectivity index (χ1) is 8.96. The van der Waals surface area contributed by atoms with E-state index in [0.717, 1.165) is 5.01 Å².